The van der Waals surface area contributed by atoms with Gasteiger partial charge in [-0.05, 0) is 48.9 Å². The number of esters is 1. The average molecular weight is 404 g/mol. The summed E-state index contributed by atoms with van der Waals surface area (Å²) in [5.41, 5.74) is 0.875. The number of thiophene rings is 1. The Labute approximate surface area is 165 Å². The van der Waals surface area contributed by atoms with Crippen LogP contribution in [0.3, 0.4) is 0 Å². The zero-order chi connectivity index (χ0) is 20.3. The molecule has 1 N–H and O–H groups in total. The summed E-state index contributed by atoms with van der Waals surface area (Å²) >= 11 is 1.40. The first-order chi connectivity index (χ1) is 13.4. The van der Waals surface area contributed by atoms with Crippen molar-refractivity contribution < 1.29 is 24.0 Å². The van der Waals surface area contributed by atoms with E-state index in [1.165, 1.54) is 47.1 Å². The second kappa shape index (κ2) is 8.39. The molecule has 0 unspecified atom stereocenters. The van der Waals surface area contributed by atoms with Gasteiger partial charge in [-0.15, -0.1) is 11.3 Å². The maximum absolute atomic E-state index is 12.2. The minimum Gasteiger partial charge on any atom is -0.496 e. The molecule has 9 heteroatoms. The van der Waals surface area contributed by atoms with Crippen molar-refractivity contribution in [2.45, 2.75) is 26.2 Å². The molecule has 0 aliphatic heterocycles. The minimum absolute atomic E-state index is 0.00687. The number of methoxy groups -OCH3 is 1. The van der Waals surface area contributed by atoms with Crippen molar-refractivity contribution >= 4 is 34.6 Å². The molecular weight excluding hydrogens is 384 g/mol. The van der Waals surface area contributed by atoms with E-state index < -0.39 is 23.4 Å². The number of carbonyl (C=O) groups is 2. The molecule has 0 saturated carbocycles. The molecule has 0 fully saturated rings. The number of fused-ring (bicyclic) bond motifs is 1. The fourth-order valence-electron chi connectivity index (χ4n) is 3.09. The third kappa shape index (κ3) is 4.48. The van der Waals surface area contributed by atoms with Crippen LogP contribution in [-0.4, -0.2) is 30.5 Å². The summed E-state index contributed by atoms with van der Waals surface area (Å²) in [4.78, 5) is 36.5. The van der Waals surface area contributed by atoms with Crippen LogP contribution in [0.15, 0.2) is 24.3 Å². The molecule has 1 atom stereocenters. The number of benzene rings is 1. The second-order valence-electron chi connectivity index (χ2n) is 6.67. The van der Waals surface area contributed by atoms with Gasteiger partial charge in [0, 0.05) is 4.88 Å². The highest BCUT2D eigenvalue weighted by molar-refractivity contribution is 7.14. The summed E-state index contributed by atoms with van der Waals surface area (Å²) < 4.78 is 10.0. The van der Waals surface area contributed by atoms with Crippen molar-refractivity contribution in [2.75, 3.05) is 19.0 Å². The number of nitrogens with one attached hydrogen (secondary N) is 1. The zero-order valence-electron chi connectivity index (χ0n) is 15.5. The van der Waals surface area contributed by atoms with E-state index in [-0.39, 0.29) is 11.4 Å². The van der Waals surface area contributed by atoms with Crippen LogP contribution in [0.5, 0.6) is 5.75 Å². The number of rotatable bonds is 6. The first-order valence-electron chi connectivity index (χ1n) is 8.78. The predicted octanol–water partition coefficient (Wildman–Crippen LogP) is 3.59. The van der Waals surface area contributed by atoms with Gasteiger partial charge in [0.25, 0.3) is 11.6 Å². The van der Waals surface area contributed by atoms with Gasteiger partial charge in [0.15, 0.2) is 6.61 Å². The number of ether oxygens (including phenoxy) is 2. The Balaban J connectivity index is 1.60. The Morgan fingerprint density at radius 3 is 2.86 bits per heavy atom. The highest BCUT2D eigenvalue weighted by atomic mass is 32.1. The van der Waals surface area contributed by atoms with Crippen LogP contribution in [-0.2, 0) is 22.4 Å². The third-order valence-electron chi connectivity index (χ3n) is 4.54. The molecule has 1 amide bonds. The number of carbonyl (C=O) groups excluding carboxylic acids is 2. The molecule has 0 saturated heterocycles. The number of hydrogen-bond acceptors (Lipinski definition) is 7. The molecule has 2 aromatic rings. The molecule has 1 aromatic heterocycles. The normalized spacial score (nSPS) is 15.4. The summed E-state index contributed by atoms with van der Waals surface area (Å²) in [5, 5.41) is 13.6. The fraction of sp³-hybridized carbons (Fsp3) is 0.368. The molecule has 148 valence electrons. The maximum Gasteiger partial charge on any atom is 0.348 e. The minimum atomic E-state index is -0.656. The quantitative estimate of drug-likeness (QED) is 0.448. The Hall–Kier alpha value is -2.94. The molecule has 1 heterocycles. The Morgan fingerprint density at radius 2 is 2.14 bits per heavy atom. The predicted molar refractivity (Wildman–Crippen MR) is 104 cm³/mol. The number of hydrogen-bond donors (Lipinski definition) is 1. The van der Waals surface area contributed by atoms with Gasteiger partial charge in [-0.2, -0.15) is 0 Å². The third-order valence-corrected chi connectivity index (χ3v) is 5.76. The average Bonchev–Trinajstić information content (AvgIpc) is 3.09. The Morgan fingerprint density at radius 1 is 1.36 bits per heavy atom. The summed E-state index contributed by atoms with van der Waals surface area (Å²) in [7, 11) is 1.39. The van der Waals surface area contributed by atoms with Gasteiger partial charge in [-0.1, -0.05) is 6.92 Å². The molecule has 1 aromatic carbocycles. The van der Waals surface area contributed by atoms with Crippen molar-refractivity contribution in [2.24, 2.45) is 5.92 Å². The lowest BCUT2D eigenvalue weighted by molar-refractivity contribution is -0.384. The van der Waals surface area contributed by atoms with Crippen LogP contribution in [0.4, 0.5) is 11.4 Å². The molecule has 0 radical (unpaired) electrons. The van der Waals surface area contributed by atoms with E-state index in [2.05, 4.69) is 12.2 Å². The molecule has 0 spiro atoms. The summed E-state index contributed by atoms with van der Waals surface area (Å²) in [6.45, 7) is 1.66. The number of nitrogens with zero attached hydrogens (tertiary/aromatic N) is 1. The lowest BCUT2D eigenvalue weighted by Gasteiger charge is -2.16. The first kappa shape index (κ1) is 19.8. The first-order valence-corrected chi connectivity index (χ1v) is 9.60. The SMILES string of the molecule is COc1ccc(NC(=O)COC(=O)c2cc3c(s2)CC[C@H](C)C3)c([N+](=O)[O-])c1. The number of nitro groups is 1. The van der Waals surface area contributed by atoms with E-state index in [9.17, 15) is 19.7 Å². The van der Waals surface area contributed by atoms with Gasteiger partial charge >= 0.3 is 5.97 Å². The number of aryl methyl sites for hydroxylation is 1. The molecule has 0 bridgehead atoms. The monoisotopic (exact) mass is 404 g/mol. The standard InChI is InChI=1S/C19H20N2O6S/c1-11-3-6-16-12(7-11)8-17(28-16)19(23)27-10-18(22)20-14-5-4-13(26-2)9-15(14)21(24)25/h4-5,8-9,11H,3,6-7,10H2,1-2H3,(H,20,22)/t11-/m0/s1. The highest BCUT2D eigenvalue weighted by Gasteiger charge is 2.22. The Kier molecular flexibility index (Phi) is 5.93. The summed E-state index contributed by atoms with van der Waals surface area (Å²) in [6.07, 6.45) is 3.00. The summed E-state index contributed by atoms with van der Waals surface area (Å²) in [6, 6.07) is 5.90. The Bertz CT molecular complexity index is 923. The molecule has 1 aliphatic carbocycles. The van der Waals surface area contributed by atoms with Crippen molar-refractivity contribution in [1.82, 2.24) is 0 Å². The largest absolute Gasteiger partial charge is 0.496 e. The van der Waals surface area contributed by atoms with E-state index in [1.54, 1.807) is 0 Å². The lowest BCUT2D eigenvalue weighted by Crippen LogP contribution is -2.21. The van der Waals surface area contributed by atoms with E-state index in [4.69, 9.17) is 9.47 Å². The van der Waals surface area contributed by atoms with Crippen molar-refractivity contribution in [3.8, 4) is 5.75 Å². The van der Waals surface area contributed by atoms with Crippen LogP contribution in [0.25, 0.3) is 0 Å². The smallest absolute Gasteiger partial charge is 0.348 e. The van der Waals surface area contributed by atoms with Gasteiger partial charge < -0.3 is 14.8 Å². The van der Waals surface area contributed by atoms with E-state index in [1.807, 2.05) is 6.07 Å². The van der Waals surface area contributed by atoms with Crippen LogP contribution in [0.2, 0.25) is 0 Å². The molecule has 28 heavy (non-hydrogen) atoms. The van der Waals surface area contributed by atoms with Crippen molar-refractivity contribution in [3.05, 3.63) is 49.7 Å². The van der Waals surface area contributed by atoms with Crippen molar-refractivity contribution in [3.63, 3.8) is 0 Å². The zero-order valence-corrected chi connectivity index (χ0v) is 16.3. The summed E-state index contributed by atoms with van der Waals surface area (Å²) in [5.74, 6) is -0.327. The fourth-order valence-corrected chi connectivity index (χ4v) is 4.19. The van der Waals surface area contributed by atoms with E-state index >= 15 is 0 Å². The van der Waals surface area contributed by atoms with Gasteiger partial charge in [0.1, 0.15) is 16.3 Å². The van der Waals surface area contributed by atoms with Gasteiger partial charge in [-0.25, -0.2) is 4.79 Å². The number of nitro benzene ring substituents is 1. The topological polar surface area (TPSA) is 108 Å². The van der Waals surface area contributed by atoms with Crippen LogP contribution >= 0.6 is 11.3 Å². The van der Waals surface area contributed by atoms with Gasteiger partial charge in [-0.3, -0.25) is 14.9 Å². The van der Waals surface area contributed by atoms with Crippen LogP contribution in [0.1, 0.15) is 33.5 Å². The number of anilines is 1. The number of amides is 1. The van der Waals surface area contributed by atoms with Crippen LogP contribution in [0, 0.1) is 16.0 Å². The molecule has 8 nitrogen and oxygen atoms in total. The van der Waals surface area contributed by atoms with Gasteiger partial charge in [0.05, 0.1) is 18.1 Å². The molecule has 3 rings (SSSR count). The van der Waals surface area contributed by atoms with Gasteiger partial charge in [0.2, 0.25) is 0 Å². The molecule has 1 aliphatic rings. The molecular formula is C19H20N2O6S. The van der Waals surface area contributed by atoms with Crippen LogP contribution < -0.4 is 10.1 Å². The second-order valence-corrected chi connectivity index (χ2v) is 7.81. The lowest BCUT2D eigenvalue weighted by atomic mass is 9.90. The maximum atomic E-state index is 12.2. The van der Waals surface area contributed by atoms with Crippen molar-refractivity contribution in [1.29, 1.82) is 0 Å². The van der Waals surface area contributed by atoms with E-state index in [0.717, 1.165) is 19.3 Å². The highest BCUT2D eigenvalue weighted by Crippen LogP contribution is 2.32. The van der Waals surface area contributed by atoms with E-state index in [0.29, 0.717) is 16.5 Å².